The van der Waals surface area contributed by atoms with Crippen LogP contribution in [0.3, 0.4) is 0 Å². The third-order valence-electron chi connectivity index (χ3n) is 3.65. The number of phenolic OH excluding ortho intramolecular Hbond substituents is 1. The number of rotatable bonds is 1. The summed E-state index contributed by atoms with van der Waals surface area (Å²) in [6.45, 7) is 0. The van der Waals surface area contributed by atoms with E-state index in [4.69, 9.17) is 4.99 Å². The van der Waals surface area contributed by atoms with Crippen LogP contribution < -0.4 is 0 Å². The molecule has 4 nitrogen and oxygen atoms in total. The van der Waals surface area contributed by atoms with E-state index in [1.54, 1.807) is 12.3 Å². The van der Waals surface area contributed by atoms with Gasteiger partial charge < -0.3 is 10.0 Å². The summed E-state index contributed by atoms with van der Waals surface area (Å²) in [5.74, 6) is 1.25. The van der Waals surface area contributed by atoms with Gasteiger partial charge in [0.25, 0.3) is 0 Å². The molecule has 21 heavy (non-hydrogen) atoms. The Kier molecular flexibility index (Phi) is 3.68. The highest BCUT2D eigenvalue weighted by Crippen LogP contribution is 2.40. The number of fused-ring (bicyclic) bond motifs is 1. The van der Waals surface area contributed by atoms with E-state index in [0.717, 1.165) is 27.1 Å². The van der Waals surface area contributed by atoms with Crippen molar-refractivity contribution in [3.8, 4) is 5.75 Å². The first kappa shape index (κ1) is 14.1. The van der Waals surface area contributed by atoms with Crippen LogP contribution in [0.5, 0.6) is 5.75 Å². The van der Waals surface area contributed by atoms with Gasteiger partial charge in [0, 0.05) is 36.7 Å². The lowest BCUT2D eigenvalue weighted by Crippen LogP contribution is -2.29. The molecule has 5 heteroatoms. The molecule has 0 aliphatic carbocycles. The zero-order valence-electron chi connectivity index (χ0n) is 11.9. The van der Waals surface area contributed by atoms with Crippen LogP contribution in [-0.2, 0) is 6.42 Å². The molecule has 108 valence electrons. The molecular formula is C16H16BrN3O. The molecule has 0 saturated heterocycles. The summed E-state index contributed by atoms with van der Waals surface area (Å²) >= 11 is 3.59. The molecule has 1 N–H and O–H groups in total. The molecule has 0 saturated carbocycles. The number of aromatic nitrogens is 1. The van der Waals surface area contributed by atoms with Gasteiger partial charge in [0.1, 0.15) is 17.6 Å². The predicted molar refractivity (Wildman–Crippen MR) is 86.7 cm³/mol. The number of benzene rings is 1. The fourth-order valence-corrected chi connectivity index (χ4v) is 3.04. The van der Waals surface area contributed by atoms with Crippen molar-refractivity contribution < 1.29 is 5.11 Å². The normalized spacial score (nSPS) is 17.1. The summed E-state index contributed by atoms with van der Waals surface area (Å²) in [5.41, 5.74) is 2.75. The summed E-state index contributed by atoms with van der Waals surface area (Å²) < 4.78 is 0.991. The Labute approximate surface area is 132 Å². The lowest BCUT2D eigenvalue weighted by molar-refractivity contribution is 0.461. The van der Waals surface area contributed by atoms with Crippen LogP contribution >= 0.6 is 15.9 Å². The maximum Gasteiger partial charge on any atom is 0.123 e. The van der Waals surface area contributed by atoms with Crippen LogP contribution in [0.2, 0.25) is 0 Å². The number of hydrogen-bond donors (Lipinski definition) is 1. The molecule has 2 heterocycles. The van der Waals surface area contributed by atoms with Crippen molar-refractivity contribution in [2.24, 2.45) is 4.99 Å². The zero-order valence-corrected chi connectivity index (χ0v) is 13.5. The molecule has 0 spiro atoms. The first-order chi connectivity index (χ1) is 10.1. The molecule has 1 aromatic carbocycles. The minimum absolute atomic E-state index is 0.269. The SMILES string of the molecule is CN(C)C1=NC(c2ccccn2)c2c(O)ccc(Br)c2C1. The second-order valence-corrected chi connectivity index (χ2v) is 6.09. The van der Waals surface area contributed by atoms with Gasteiger partial charge in [-0.1, -0.05) is 22.0 Å². The average molecular weight is 346 g/mol. The van der Waals surface area contributed by atoms with Crippen LogP contribution in [-0.4, -0.2) is 34.9 Å². The second kappa shape index (κ2) is 5.48. The molecule has 2 aromatic rings. The van der Waals surface area contributed by atoms with E-state index in [2.05, 4.69) is 20.9 Å². The van der Waals surface area contributed by atoms with Crippen LogP contribution in [0.15, 0.2) is 46.0 Å². The molecule has 1 aromatic heterocycles. The predicted octanol–water partition coefficient (Wildman–Crippen LogP) is 3.16. The summed E-state index contributed by atoms with van der Waals surface area (Å²) in [7, 11) is 3.96. The number of aromatic hydroxyl groups is 1. The van der Waals surface area contributed by atoms with Crippen LogP contribution in [0.1, 0.15) is 22.9 Å². The van der Waals surface area contributed by atoms with E-state index in [1.165, 1.54) is 0 Å². The lowest BCUT2D eigenvalue weighted by Gasteiger charge is -2.28. The molecule has 0 bridgehead atoms. The van der Waals surface area contributed by atoms with Gasteiger partial charge in [0.15, 0.2) is 0 Å². The van der Waals surface area contributed by atoms with Crippen molar-refractivity contribution in [2.45, 2.75) is 12.5 Å². The highest BCUT2D eigenvalue weighted by atomic mass is 79.9. The molecular weight excluding hydrogens is 330 g/mol. The number of phenols is 1. The van der Waals surface area contributed by atoms with Crippen molar-refractivity contribution in [3.05, 3.63) is 57.8 Å². The second-order valence-electron chi connectivity index (χ2n) is 5.23. The molecule has 1 unspecified atom stereocenters. The Morgan fingerprint density at radius 3 is 2.71 bits per heavy atom. The Morgan fingerprint density at radius 1 is 1.24 bits per heavy atom. The van der Waals surface area contributed by atoms with Gasteiger partial charge in [-0.15, -0.1) is 0 Å². The highest BCUT2D eigenvalue weighted by molar-refractivity contribution is 9.10. The monoisotopic (exact) mass is 345 g/mol. The Hall–Kier alpha value is -1.88. The number of halogens is 1. The number of aliphatic imine (C=N–C) groups is 1. The van der Waals surface area contributed by atoms with Crippen molar-refractivity contribution in [2.75, 3.05) is 14.1 Å². The number of amidine groups is 1. The van der Waals surface area contributed by atoms with Gasteiger partial charge in [0.05, 0.1) is 5.69 Å². The molecule has 1 atom stereocenters. The molecule has 0 fully saturated rings. The van der Waals surface area contributed by atoms with Crippen molar-refractivity contribution >= 4 is 21.8 Å². The molecule has 3 rings (SSSR count). The molecule has 0 radical (unpaired) electrons. The number of likely N-dealkylation sites (N-methyl/N-ethyl adjacent to an activating group) is 1. The van der Waals surface area contributed by atoms with Gasteiger partial charge in [-0.25, -0.2) is 0 Å². The summed E-state index contributed by atoms with van der Waals surface area (Å²) in [6.07, 6.45) is 2.45. The first-order valence-electron chi connectivity index (χ1n) is 6.73. The minimum Gasteiger partial charge on any atom is -0.508 e. The molecule has 1 aliphatic heterocycles. The van der Waals surface area contributed by atoms with Gasteiger partial charge >= 0.3 is 0 Å². The number of nitrogens with zero attached hydrogens (tertiary/aromatic N) is 3. The average Bonchev–Trinajstić information content (AvgIpc) is 2.51. The smallest absolute Gasteiger partial charge is 0.123 e. The van der Waals surface area contributed by atoms with E-state index < -0.39 is 0 Å². The summed E-state index contributed by atoms with van der Waals surface area (Å²) in [5, 5.41) is 10.3. The zero-order chi connectivity index (χ0) is 15.0. The maximum atomic E-state index is 10.3. The Morgan fingerprint density at radius 2 is 2.05 bits per heavy atom. The maximum absolute atomic E-state index is 10.3. The highest BCUT2D eigenvalue weighted by Gasteiger charge is 2.29. The van der Waals surface area contributed by atoms with Crippen LogP contribution in [0.25, 0.3) is 0 Å². The number of hydrogen-bond acceptors (Lipinski definition) is 4. The van der Waals surface area contributed by atoms with E-state index in [0.29, 0.717) is 6.42 Å². The molecule has 1 aliphatic rings. The molecule has 0 amide bonds. The van der Waals surface area contributed by atoms with Gasteiger partial charge in [-0.2, -0.15) is 0 Å². The first-order valence-corrected chi connectivity index (χ1v) is 7.52. The van der Waals surface area contributed by atoms with Gasteiger partial charge in [-0.05, 0) is 29.8 Å². The van der Waals surface area contributed by atoms with Crippen LogP contribution in [0.4, 0.5) is 0 Å². The van der Waals surface area contributed by atoms with E-state index in [-0.39, 0.29) is 11.8 Å². The number of pyridine rings is 1. The van der Waals surface area contributed by atoms with Crippen LogP contribution in [0, 0.1) is 0 Å². The largest absolute Gasteiger partial charge is 0.508 e. The van der Waals surface area contributed by atoms with E-state index in [9.17, 15) is 5.11 Å². The van der Waals surface area contributed by atoms with E-state index >= 15 is 0 Å². The minimum atomic E-state index is -0.273. The van der Waals surface area contributed by atoms with Crippen molar-refractivity contribution in [3.63, 3.8) is 0 Å². The van der Waals surface area contributed by atoms with Gasteiger partial charge in [-0.3, -0.25) is 9.98 Å². The topological polar surface area (TPSA) is 48.7 Å². The summed E-state index contributed by atoms with van der Waals surface area (Å²) in [4.78, 5) is 11.2. The fourth-order valence-electron chi connectivity index (χ4n) is 2.55. The van der Waals surface area contributed by atoms with E-state index in [1.807, 2.05) is 43.3 Å². The standard InChI is InChI=1S/C16H16BrN3O/c1-20(2)14-9-10-11(17)6-7-13(21)15(10)16(19-14)12-5-3-4-8-18-12/h3-8,16,21H,9H2,1-2H3. The third-order valence-corrected chi connectivity index (χ3v) is 4.39. The Balaban J connectivity index is 2.21. The quantitative estimate of drug-likeness (QED) is 0.863. The lowest BCUT2D eigenvalue weighted by atomic mass is 9.91. The van der Waals surface area contributed by atoms with Gasteiger partial charge in [0.2, 0.25) is 0 Å². The van der Waals surface area contributed by atoms with Crippen molar-refractivity contribution in [1.29, 1.82) is 0 Å². The van der Waals surface area contributed by atoms with Crippen molar-refractivity contribution in [1.82, 2.24) is 9.88 Å². The fraction of sp³-hybridized carbons (Fsp3) is 0.250. The third kappa shape index (κ3) is 2.53. The summed E-state index contributed by atoms with van der Waals surface area (Å²) in [6, 6.07) is 9.07. The Bertz CT molecular complexity index is 698.